The van der Waals surface area contributed by atoms with E-state index < -0.39 is 17.9 Å². The lowest BCUT2D eigenvalue weighted by Crippen LogP contribution is -2.19. The van der Waals surface area contributed by atoms with Gasteiger partial charge in [0.25, 0.3) is 0 Å². The zero-order chi connectivity index (χ0) is 29.4. The summed E-state index contributed by atoms with van der Waals surface area (Å²) in [5, 5.41) is 9.02. The first-order valence-electron chi connectivity index (χ1n) is 17.7. The molecule has 0 spiro atoms. The van der Waals surface area contributed by atoms with Crippen LogP contribution < -0.4 is 0 Å². The maximum Gasteiger partial charge on any atom is 0.313 e. The number of carboxylic acid groups (broad SMARTS) is 1. The van der Waals surface area contributed by atoms with Crippen LogP contribution in [0.25, 0.3) is 0 Å². The van der Waals surface area contributed by atoms with E-state index >= 15 is 0 Å². The number of esters is 1. The SMILES string of the molecule is CCCCCCCCCCCCCCCCCCCCCCCCCCC/C=C/C(CC(=O)O)C(=O)OCCC. The first-order valence-corrected chi connectivity index (χ1v) is 17.7. The van der Waals surface area contributed by atoms with E-state index in [0.717, 1.165) is 19.3 Å². The summed E-state index contributed by atoms with van der Waals surface area (Å²) in [4.78, 5) is 23.0. The van der Waals surface area contributed by atoms with E-state index in [1.807, 2.05) is 13.0 Å². The fourth-order valence-corrected chi connectivity index (χ4v) is 5.39. The molecule has 0 saturated heterocycles. The molecule has 0 heterocycles. The number of carboxylic acids is 1. The second-order valence-electron chi connectivity index (χ2n) is 12.1. The van der Waals surface area contributed by atoms with E-state index in [1.165, 1.54) is 154 Å². The highest BCUT2D eigenvalue weighted by molar-refractivity contribution is 5.80. The van der Waals surface area contributed by atoms with Crippen molar-refractivity contribution in [2.24, 2.45) is 5.92 Å². The predicted octanol–water partition coefficient (Wildman–Crippen LogP) is 11.7. The van der Waals surface area contributed by atoms with Crippen molar-refractivity contribution in [3.05, 3.63) is 12.2 Å². The summed E-state index contributed by atoms with van der Waals surface area (Å²) in [6, 6.07) is 0. The van der Waals surface area contributed by atoms with Gasteiger partial charge < -0.3 is 9.84 Å². The maximum absolute atomic E-state index is 12.0. The quantitative estimate of drug-likeness (QED) is 0.0501. The van der Waals surface area contributed by atoms with E-state index in [-0.39, 0.29) is 6.42 Å². The third-order valence-corrected chi connectivity index (χ3v) is 7.99. The van der Waals surface area contributed by atoms with Gasteiger partial charge in [0.1, 0.15) is 0 Å². The van der Waals surface area contributed by atoms with E-state index in [1.54, 1.807) is 6.08 Å². The molecule has 0 saturated carbocycles. The molecule has 4 heteroatoms. The van der Waals surface area contributed by atoms with Crippen LogP contribution in [-0.4, -0.2) is 23.7 Å². The molecule has 0 rings (SSSR count). The molecule has 0 aromatic carbocycles. The van der Waals surface area contributed by atoms with Crippen molar-refractivity contribution < 1.29 is 19.4 Å². The average molecular weight is 565 g/mol. The molecule has 0 aliphatic carbocycles. The lowest BCUT2D eigenvalue weighted by Gasteiger charge is -2.09. The van der Waals surface area contributed by atoms with Crippen molar-refractivity contribution in [3.63, 3.8) is 0 Å². The molecule has 0 bridgehead atoms. The Bertz CT molecular complexity index is 571. The average Bonchev–Trinajstić information content (AvgIpc) is 2.94. The van der Waals surface area contributed by atoms with Crippen molar-refractivity contribution in [1.82, 2.24) is 0 Å². The van der Waals surface area contributed by atoms with Gasteiger partial charge in [0.05, 0.1) is 18.9 Å². The molecule has 1 unspecified atom stereocenters. The van der Waals surface area contributed by atoms with E-state index in [9.17, 15) is 9.59 Å². The lowest BCUT2D eigenvalue weighted by molar-refractivity contribution is -0.151. The molecule has 0 aliphatic rings. The zero-order valence-electron chi connectivity index (χ0n) is 26.9. The van der Waals surface area contributed by atoms with Gasteiger partial charge in [0, 0.05) is 0 Å². The van der Waals surface area contributed by atoms with Crippen LogP contribution in [0.4, 0.5) is 0 Å². The van der Waals surface area contributed by atoms with Crippen molar-refractivity contribution in [1.29, 1.82) is 0 Å². The summed E-state index contributed by atoms with van der Waals surface area (Å²) in [5.41, 5.74) is 0. The minimum absolute atomic E-state index is 0.196. The second-order valence-corrected chi connectivity index (χ2v) is 12.1. The summed E-state index contributed by atoms with van der Waals surface area (Å²) in [6.07, 6.45) is 40.0. The highest BCUT2D eigenvalue weighted by Crippen LogP contribution is 2.16. The van der Waals surface area contributed by atoms with Crippen molar-refractivity contribution in [3.8, 4) is 0 Å². The number of rotatable bonds is 32. The van der Waals surface area contributed by atoms with Crippen LogP contribution in [-0.2, 0) is 14.3 Å². The Labute approximate surface area is 249 Å². The predicted molar refractivity (Wildman–Crippen MR) is 172 cm³/mol. The number of hydrogen-bond acceptors (Lipinski definition) is 3. The van der Waals surface area contributed by atoms with Crippen molar-refractivity contribution >= 4 is 11.9 Å². The summed E-state index contributed by atoms with van der Waals surface area (Å²) >= 11 is 0. The Morgan fingerprint density at radius 2 is 0.900 bits per heavy atom. The molecular weight excluding hydrogens is 496 g/mol. The molecule has 236 valence electrons. The molecule has 0 aromatic heterocycles. The van der Waals surface area contributed by atoms with Gasteiger partial charge in [-0.2, -0.15) is 0 Å². The topological polar surface area (TPSA) is 63.6 Å². The van der Waals surface area contributed by atoms with E-state index in [0.29, 0.717) is 6.61 Å². The number of carbonyl (C=O) groups is 2. The van der Waals surface area contributed by atoms with Gasteiger partial charge in [-0.1, -0.05) is 180 Å². The fourth-order valence-electron chi connectivity index (χ4n) is 5.39. The Kier molecular flexibility index (Phi) is 31.1. The van der Waals surface area contributed by atoms with Gasteiger partial charge in [0.15, 0.2) is 0 Å². The number of ether oxygens (including phenoxy) is 1. The highest BCUT2D eigenvalue weighted by Gasteiger charge is 2.20. The molecule has 40 heavy (non-hydrogen) atoms. The summed E-state index contributed by atoms with van der Waals surface area (Å²) in [5.74, 6) is -2.05. The third-order valence-electron chi connectivity index (χ3n) is 7.99. The summed E-state index contributed by atoms with van der Waals surface area (Å²) < 4.78 is 5.11. The van der Waals surface area contributed by atoms with Crippen molar-refractivity contribution in [2.45, 2.75) is 194 Å². The number of carbonyl (C=O) groups excluding carboxylic acids is 1. The molecule has 0 amide bonds. The van der Waals surface area contributed by atoms with Crippen LogP contribution in [0.15, 0.2) is 12.2 Å². The molecule has 0 aliphatic heterocycles. The Balaban J connectivity index is 3.34. The smallest absolute Gasteiger partial charge is 0.313 e. The fraction of sp³-hybridized carbons (Fsp3) is 0.889. The second kappa shape index (κ2) is 32.2. The Hall–Kier alpha value is -1.32. The van der Waals surface area contributed by atoms with Gasteiger partial charge in [-0.15, -0.1) is 0 Å². The van der Waals surface area contributed by atoms with Gasteiger partial charge in [-0.25, -0.2) is 0 Å². The minimum atomic E-state index is -0.965. The van der Waals surface area contributed by atoms with Crippen LogP contribution in [0.2, 0.25) is 0 Å². The van der Waals surface area contributed by atoms with Gasteiger partial charge in [-0.3, -0.25) is 9.59 Å². The van der Waals surface area contributed by atoms with Gasteiger partial charge in [-0.05, 0) is 19.3 Å². The van der Waals surface area contributed by atoms with E-state index in [4.69, 9.17) is 9.84 Å². The molecule has 0 fully saturated rings. The van der Waals surface area contributed by atoms with Crippen LogP contribution in [0.1, 0.15) is 194 Å². The number of allylic oxidation sites excluding steroid dienone is 1. The molecule has 0 radical (unpaired) electrons. The number of hydrogen-bond donors (Lipinski definition) is 1. The lowest BCUT2D eigenvalue weighted by atomic mass is 10.0. The Morgan fingerprint density at radius 3 is 1.23 bits per heavy atom. The Morgan fingerprint density at radius 1 is 0.550 bits per heavy atom. The third kappa shape index (κ3) is 29.7. The van der Waals surface area contributed by atoms with Gasteiger partial charge >= 0.3 is 11.9 Å². The highest BCUT2D eigenvalue weighted by atomic mass is 16.5. The molecule has 1 atom stereocenters. The minimum Gasteiger partial charge on any atom is -0.481 e. The normalized spacial score (nSPS) is 12.2. The number of aliphatic carboxylic acids is 1. The summed E-state index contributed by atoms with van der Waals surface area (Å²) in [7, 11) is 0. The molecule has 1 N–H and O–H groups in total. The van der Waals surface area contributed by atoms with Crippen LogP contribution in [0.5, 0.6) is 0 Å². The molecule has 0 aromatic rings. The zero-order valence-corrected chi connectivity index (χ0v) is 26.9. The summed E-state index contributed by atoms with van der Waals surface area (Å²) in [6.45, 7) is 4.57. The molecule has 4 nitrogen and oxygen atoms in total. The standard InChI is InChI=1S/C36H68O4/c1-3-5-6-7-8-9-10-11-12-13-14-15-16-17-18-19-20-21-22-23-24-25-26-27-28-29-30-31-34(33-35(37)38)36(39)40-32-4-2/h30-31,34H,3-29,32-33H2,1-2H3,(H,37,38)/b31-30+. The van der Waals surface area contributed by atoms with Crippen LogP contribution >= 0.6 is 0 Å². The van der Waals surface area contributed by atoms with Crippen LogP contribution in [0.3, 0.4) is 0 Å². The van der Waals surface area contributed by atoms with Crippen LogP contribution in [0, 0.1) is 5.92 Å². The largest absolute Gasteiger partial charge is 0.481 e. The first-order chi connectivity index (χ1) is 19.6. The number of unbranched alkanes of at least 4 members (excludes halogenated alkanes) is 25. The van der Waals surface area contributed by atoms with E-state index in [2.05, 4.69) is 6.92 Å². The monoisotopic (exact) mass is 565 g/mol. The molecular formula is C36H68O4. The maximum atomic E-state index is 12.0. The first kappa shape index (κ1) is 38.7. The van der Waals surface area contributed by atoms with Crippen molar-refractivity contribution in [2.75, 3.05) is 6.61 Å². The van der Waals surface area contributed by atoms with Gasteiger partial charge in [0.2, 0.25) is 0 Å².